The molecule has 0 aliphatic heterocycles. The molecule has 1 aromatic carbocycles. The van der Waals surface area contributed by atoms with Gasteiger partial charge in [0, 0.05) is 5.38 Å². The number of esters is 2. The van der Waals surface area contributed by atoms with Gasteiger partial charge in [0.2, 0.25) is 0 Å². The lowest BCUT2D eigenvalue weighted by atomic mass is 10.1. The van der Waals surface area contributed by atoms with Crippen LogP contribution < -0.4 is 5.32 Å². The third-order valence-corrected chi connectivity index (χ3v) is 5.09. The second-order valence-corrected chi connectivity index (χ2v) is 8.75. The number of carbonyl (C=O) groups excluding carboxylic acids is 3. The first-order chi connectivity index (χ1) is 16.7. The van der Waals surface area contributed by atoms with Crippen molar-refractivity contribution < 1.29 is 28.6 Å². The van der Waals surface area contributed by atoms with Crippen molar-refractivity contribution in [1.29, 1.82) is 0 Å². The van der Waals surface area contributed by atoms with Crippen LogP contribution in [0.15, 0.2) is 65.1 Å². The van der Waals surface area contributed by atoms with Crippen LogP contribution in [0.1, 0.15) is 45.4 Å². The molecule has 0 aliphatic rings. The van der Waals surface area contributed by atoms with Crippen LogP contribution in [0.3, 0.4) is 0 Å². The second kappa shape index (κ2) is 14.5. The predicted molar refractivity (Wildman–Crippen MR) is 136 cm³/mol. The summed E-state index contributed by atoms with van der Waals surface area (Å²) in [6, 6.07) is 9.27. The second-order valence-electron chi connectivity index (χ2n) is 7.89. The average Bonchev–Trinajstić information content (AvgIpc) is 3.26. The van der Waals surface area contributed by atoms with Gasteiger partial charge in [-0.1, -0.05) is 47.6 Å². The van der Waals surface area contributed by atoms with Gasteiger partial charge >= 0.3 is 18.0 Å². The summed E-state index contributed by atoms with van der Waals surface area (Å²) in [6.07, 6.45) is 4.16. The van der Waals surface area contributed by atoms with E-state index in [-0.39, 0.29) is 42.6 Å². The van der Waals surface area contributed by atoms with E-state index in [1.165, 1.54) is 6.08 Å². The van der Waals surface area contributed by atoms with Crippen LogP contribution in [0.5, 0.6) is 0 Å². The molecule has 0 saturated heterocycles. The van der Waals surface area contributed by atoms with Crippen LogP contribution in [0.25, 0.3) is 5.57 Å². The molecular formula is C26H30N2O6S. The fraction of sp³-hybridized carbons (Fsp3) is 0.308. The van der Waals surface area contributed by atoms with Gasteiger partial charge in [0.15, 0.2) is 5.13 Å². The molecule has 0 radical (unpaired) electrons. The molecule has 1 amide bonds. The molecule has 0 atom stereocenters. The minimum Gasteiger partial charge on any atom is -0.461 e. The van der Waals surface area contributed by atoms with Crippen LogP contribution in [-0.2, 0) is 30.4 Å². The summed E-state index contributed by atoms with van der Waals surface area (Å²) >= 11 is 1.12. The highest BCUT2D eigenvalue weighted by molar-refractivity contribution is 7.14. The van der Waals surface area contributed by atoms with Gasteiger partial charge < -0.3 is 14.2 Å². The molecule has 8 nitrogen and oxygen atoms in total. The summed E-state index contributed by atoms with van der Waals surface area (Å²) in [4.78, 5) is 41.2. The third-order valence-electron chi connectivity index (χ3n) is 4.34. The van der Waals surface area contributed by atoms with Crippen molar-refractivity contribution in [2.75, 3.05) is 18.5 Å². The summed E-state index contributed by atoms with van der Waals surface area (Å²) in [5.74, 6) is -1.13. The Morgan fingerprint density at radius 3 is 2.23 bits per heavy atom. The van der Waals surface area contributed by atoms with Gasteiger partial charge in [0.1, 0.15) is 19.8 Å². The minimum atomic E-state index is -0.672. The molecule has 0 unspecified atom stereocenters. The molecule has 35 heavy (non-hydrogen) atoms. The number of anilines is 1. The minimum absolute atomic E-state index is 0.0879. The maximum atomic E-state index is 12.7. The van der Waals surface area contributed by atoms with Crippen molar-refractivity contribution in [3.63, 3.8) is 0 Å². The molecule has 9 heteroatoms. The van der Waals surface area contributed by atoms with Crippen LogP contribution in [0.4, 0.5) is 9.93 Å². The molecule has 2 aromatic rings. The van der Waals surface area contributed by atoms with Gasteiger partial charge in [-0.05, 0) is 45.4 Å². The Balaban J connectivity index is 2.06. The van der Waals surface area contributed by atoms with Gasteiger partial charge in [0.05, 0.1) is 17.7 Å². The van der Waals surface area contributed by atoms with Gasteiger partial charge in [-0.3, -0.25) is 10.1 Å². The smallest absolute Gasteiger partial charge is 0.413 e. The fourth-order valence-corrected chi connectivity index (χ4v) is 3.20. The van der Waals surface area contributed by atoms with Crippen molar-refractivity contribution in [3.8, 4) is 0 Å². The van der Waals surface area contributed by atoms with E-state index < -0.39 is 18.0 Å². The number of aromatic nitrogens is 1. The van der Waals surface area contributed by atoms with Crippen LogP contribution in [0, 0.1) is 0 Å². The highest BCUT2D eigenvalue weighted by Crippen LogP contribution is 2.24. The fourth-order valence-electron chi connectivity index (χ4n) is 2.50. The first kappa shape index (κ1) is 27.5. The van der Waals surface area contributed by atoms with E-state index in [0.29, 0.717) is 0 Å². The number of rotatable bonds is 11. The zero-order valence-corrected chi connectivity index (χ0v) is 21.1. The number of ether oxygens (including phenoxy) is 3. The number of benzene rings is 1. The average molecular weight is 499 g/mol. The number of carbonyl (C=O) groups is 3. The number of hydrogen-bond donors (Lipinski definition) is 1. The SMILES string of the molecule is CC(C)=CCOC(=O)C/C=C(\C(=O)OCC=C(C)C)c1csc(NC(=O)OCc2ccccc2)n1. The molecule has 0 spiro atoms. The highest BCUT2D eigenvalue weighted by atomic mass is 32.1. The first-order valence-electron chi connectivity index (χ1n) is 11.0. The Morgan fingerprint density at radius 2 is 1.57 bits per heavy atom. The first-order valence-corrected chi connectivity index (χ1v) is 11.9. The Hall–Kier alpha value is -3.72. The van der Waals surface area contributed by atoms with Gasteiger partial charge in [0.25, 0.3) is 0 Å². The summed E-state index contributed by atoms with van der Waals surface area (Å²) < 4.78 is 15.6. The highest BCUT2D eigenvalue weighted by Gasteiger charge is 2.19. The van der Waals surface area contributed by atoms with E-state index in [9.17, 15) is 14.4 Å². The third kappa shape index (κ3) is 10.8. The van der Waals surface area contributed by atoms with Gasteiger partial charge in [-0.2, -0.15) is 0 Å². The zero-order chi connectivity index (χ0) is 25.6. The Labute approximate surface area is 209 Å². The quantitative estimate of drug-likeness (QED) is 0.184. The van der Waals surface area contributed by atoms with E-state index in [0.717, 1.165) is 28.0 Å². The topological polar surface area (TPSA) is 104 Å². The van der Waals surface area contributed by atoms with E-state index in [4.69, 9.17) is 14.2 Å². The summed E-state index contributed by atoms with van der Waals surface area (Å²) in [7, 11) is 0. The normalized spacial score (nSPS) is 10.7. The lowest BCUT2D eigenvalue weighted by molar-refractivity contribution is -0.141. The van der Waals surface area contributed by atoms with Crippen molar-refractivity contribution in [1.82, 2.24) is 4.98 Å². The zero-order valence-electron chi connectivity index (χ0n) is 20.3. The number of thiazole rings is 1. The molecule has 0 saturated carbocycles. The Morgan fingerprint density at radius 1 is 0.914 bits per heavy atom. The molecular weight excluding hydrogens is 468 g/mol. The van der Waals surface area contributed by atoms with Crippen LogP contribution >= 0.6 is 11.3 Å². The lowest BCUT2D eigenvalue weighted by Gasteiger charge is -2.06. The van der Waals surface area contributed by atoms with Crippen molar-refractivity contribution in [2.45, 2.75) is 40.7 Å². The maximum Gasteiger partial charge on any atom is 0.413 e. The number of nitrogens with zero attached hydrogens (tertiary/aromatic N) is 1. The van der Waals surface area contributed by atoms with Crippen LogP contribution in [0.2, 0.25) is 0 Å². The largest absolute Gasteiger partial charge is 0.461 e. The van der Waals surface area contributed by atoms with Crippen molar-refractivity contribution in [2.24, 2.45) is 0 Å². The van der Waals surface area contributed by atoms with E-state index in [1.807, 2.05) is 58.0 Å². The molecule has 2 rings (SSSR count). The predicted octanol–water partition coefficient (Wildman–Crippen LogP) is 5.68. The molecule has 0 bridgehead atoms. The Bertz CT molecular complexity index is 1090. The van der Waals surface area contributed by atoms with Gasteiger partial charge in [-0.25, -0.2) is 14.6 Å². The molecule has 1 heterocycles. The Kier molecular flexibility index (Phi) is 11.4. The van der Waals surface area contributed by atoms with E-state index in [1.54, 1.807) is 17.5 Å². The number of hydrogen-bond acceptors (Lipinski definition) is 8. The van der Waals surface area contributed by atoms with E-state index >= 15 is 0 Å². The van der Waals surface area contributed by atoms with Crippen molar-refractivity contribution in [3.05, 3.63) is 76.3 Å². The molecule has 1 aromatic heterocycles. The molecule has 0 aliphatic carbocycles. The molecule has 186 valence electrons. The van der Waals surface area contributed by atoms with E-state index in [2.05, 4.69) is 10.3 Å². The molecule has 0 fully saturated rings. The number of amides is 1. The number of allylic oxidation sites excluding steroid dienone is 2. The summed E-state index contributed by atoms with van der Waals surface area (Å²) in [6.45, 7) is 7.95. The summed E-state index contributed by atoms with van der Waals surface area (Å²) in [5, 5.41) is 4.38. The monoisotopic (exact) mass is 498 g/mol. The van der Waals surface area contributed by atoms with Gasteiger partial charge in [-0.15, -0.1) is 11.3 Å². The summed E-state index contributed by atoms with van der Waals surface area (Å²) in [5.41, 5.74) is 3.26. The maximum absolute atomic E-state index is 12.7. The standard InChI is InChI=1S/C26H30N2O6S/c1-18(2)12-14-32-23(29)11-10-21(24(30)33-15-13-19(3)4)22-17-35-25(27-22)28-26(31)34-16-20-8-6-5-7-9-20/h5-10,12-13,17H,11,14-16H2,1-4H3,(H,27,28,31)/b21-10-. The van der Waals surface area contributed by atoms with Crippen molar-refractivity contribution >= 4 is 40.1 Å². The molecule has 1 N–H and O–H groups in total. The van der Waals surface area contributed by atoms with Crippen LogP contribution in [-0.4, -0.2) is 36.2 Å². The number of nitrogens with one attached hydrogen (secondary N) is 1. The lowest BCUT2D eigenvalue weighted by Crippen LogP contribution is -2.14.